The maximum atomic E-state index is 12.4. The molecule has 1 amide bonds. The maximum Gasteiger partial charge on any atom is 0.234 e. The van der Waals surface area contributed by atoms with Crippen LogP contribution in [0.3, 0.4) is 0 Å². The Balaban J connectivity index is 1.74. The zero-order valence-electron chi connectivity index (χ0n) is 15.4. The van der Waals surface area contributed by atoms with Crippen LogP contribution in [0.25, 0.3) is 11.4 Å². The molecule has 6 nitrogen and oxygen atoms in total. The van der Waals surface area contributed by atoms with E-state index in [1.54, 1.807) is 30.6 Å². The van der Waals surface area contributed by atoms with Crippen LogP contribution in [0.4, 0.5) is 5.69 Å². The zero-order chi connectivity index (χ0) is 20.1. The topological polar surface area (TPSA) is 72.7 Å². The summed E-state index contributed by atoms with van der Waals surface area (Å²) in [7, 11) is 0. The monoisotopic (exact) mass is 435 g/mol. The van der Waals surface area contributed by atoms with E-state index in [-0.39, 0.29) is 11.7 Å². The predicted octanol–water partition coefficient (Wildman–Crippen LogP) is 5.03. The van der Waals surface area contributed by atoms with E-state index in [0.717, 1.165) is 17.9 Å². The van der Waals surface area contributed by atoms with E-state index in [1.165, 1.54) is 11.8 Å². The van der Waals surface area contributed by atoms with Crippen molar-refractivity contribution in [1.82, 2.24) is 19.7 Å². The zero-order valence-corrected chi connectivity index (χ0v) is 17.7. The molecule has 1 aromatic carbocycles. The summed E-state index contributed by atoms with van der Waals surface area (Å²) in [5.74, 6) is 1.14. The molecule has 0 saturated carbocycles. The second kappa shape index (κ2) is 9.41. The summed E-state index contributed by atoms with van der Waals surface area (Å²) in [5, 5.41) is 12.8. The number of pyridine rings is 1. The summed E-state index contributed by atoms with van der Waals surface area (Å²) >= 11 is 13.4. The third kappa shape index (κ3) is 5.04. The number of carbonyl (C=O) groups excluding carboxylic acids is 1. The van der Waals surface area contributed by atoms with E-state index in [1.807, 2.05) is 16.7 Å². The van der Waals surface area contributed by atoms with Crippen molar-refractivity contribution in [2.45, 2.75) is 25.5 Å². The first-order valence-electron chi connectivity index (χ1n) is 8.66. The molecule has 2 heterocycles. The van der Waals surface area contributed by atoms with Crippen LogP contribution in [0.15, 0.2) is 47.9 Å². The Morgan fingerprint density at radius 2 is 1.93 bits per heavy atom. The highest BCUT2D eigenvalue weighted by molar-refractivity contribution is 7.99. The van der Waals surface area contributed by atoms with Crippen molar-refractivity contribution in [2.24, 2.45) is 5.92 Å². The van der Waals surface area contributed by atoms with E-state index < -0.39 is 0 Å². The van der Waals surface area contributed by atoms with E-state index in [4.69, 9.17) is 23.2 Å². The fourth-order valence-electron chi connectivity index (χ4n) is 2.56. The second-order valence-corrected chi connectivity index (χ2v) is 8.21. The summed E-state index contributed by atoms with van der Waals surface area (Å²) in [5.41, 5.74) is 1.42. The molecule has 28 heavy (non-hydrogen) atoms. The lowest BCUT2D eigenvalue weighted by molar-refractivity contribution is -0.113. The normalized spacial score (nSPS) is 11.0. The minimum absolute atomic E-state index is 0.176. The Morgan fingerprint density at radius 1 is 1.18 bits per heavy atom. The molecule has 0 fully saturated rings. The number of nitrogens with zero attached hydrogens (tertiary/aromatic N) is 4. The minimum atomic E-state index is -0.196. The average Bonchev–Trinajstić information content (AvgIpc) is 3.06. The Labute approximate surface area is 177 Å². The lowest BCUT2D eigenvalue weighted by Crippen LogP contribution is -2.15. The maximum absolute atomic E-state index is 12.4. The van der Waals surface area contributed by atoms with Crippen LogP contribution in [0.5, 0.6) is 0 Å². The number of thioether (sulfide) groups is 1. The number of hydrogen-bond acceptors (Lipinski definition) is 5. The first-order chi connectivity index (χ1) is 13.5. The number of anilines is 1. The molecule has 0 spiro atoms. The lowest BCUT2D eigenvalue weighted by Gasteiger charge is -2.12. The smallest absolute Gasteiger partial charge is 0.234 e. The van der Waals surface area contributed by atoms with Crippen LogP contribution >= 0.6 is 35.0 Å². The first kappa shape index (κ1) is 20.6. The van der Waals surface area contributed by atoms with E-state index in [2.05, 4.69) is 34.3 Å². The fraction of sp³-hybridized carbons (Fsp3) is 0.263. The molecule has 3 rings (SSSR count). The summed E-state index contributed by atoms with van der Waals surface area (Å²) in [6.07, 6.45) is 3.44. The molecule has 2 aromatic heterocycles. The third-order valence-corrected chi connectivity index (χ3v) is 5.55. The van der Waals surface area contributed by atoms with Crippen molar-refractivity contribution >= 4 is 46.6 Å². The van der Waals surface area contributed by atoms with Gasteiger partial charge in [-0.05, 0) is 30.2 Å². The number of rotatable bonds is 7. The Kier molecular flexibility index (Phi) is 6.93. The van der Waals surface area contributed by atoms with Crippen molar-refractivity contribution in [3.63, 3.8) is 0 Å². The van der Waals surface area contributed by atoms with Gasteiger partial charge >= 0.3 is 0 Å². The van der Waals surface area contributed by atoms with Gasteiger partial charge in [0, 0.05) is 24.5 Å². The van der Waals surface area contributed by atoms with Gasteiger partial charge in [0.2, 0.25) is 5.91 Å². The quantitative estimate of drug-likeness (QED) is 0.526. The van der Waals surface area contributed by atoms with Gasteiger partial charge in [0.15, 0.2) is 11.0 Å². The molecule has 0 atom stereocenters. The molecular formula is C19H19Cl2N5OS. The standard InChI is InChI=1S/C19H19Cl2N5OS/c1-12(2)10-26-18(13-6-8-22-9-7-13)24-25-19(26)28-11-16(27)23-15-5-3-4-14(20)17(15)21/h3-9,12H,10-11H2,1-2H3,(H,23,27). The Hall–Kier alpha value is -2.09. The van der Waals surface area contributed by atoms with E-state index in [0.29, 0.717) is 26.8 Å². The molecule has 1 N–H and O–H groups in total. The largest absolute Gasteiger partial charge is 0.324 e. The minimum Gasteiger partial charge on any atom is -0.324 e. The number of benzene rings is 1. The molecule has 0 radical (unpaired) electrons. The van der Waals surface area contributed by atoms with Crippen LogP contribution in [0.2, 0.25) is 10.0 Å². The van der Waals surface area contributed by atoms with Gasteiger partial charge in [-0.2, -0.15) is 0 Å². The van der Waals surface area contributed by atoms with Crippen LogP contribution < -0.4 is 5.32 Å². The summed E-state index contributed by atoms with van der Waals surface area (Å²) < 4.78 is 2.03. The van der Waals surface area contributed by atoms with Crippen LogP contribution in [-0.2, 0) is 11.3 Å². The van der Waals surface area contributed by atoms with Crippen molar-refractivity contribution in [2.75, 3.05) is 11.1 Å². The highest BCUT2D eigenvalue weighted by atomic mass is 35.5. The van der Waals surface area contributed by atoms with Crippen molar-refractivity contribution < 1.29 is 4.79 Å². The van der Waals surface area contributed by atoms with Gasteiger partial charge in [-0.25, -0.2) is 0 Å². The molecule has 9 heteroatoms. The van der Waals surface area contributed by atoms with E-state index >= 15 is 0 Å². The highest BCUT2D eigenvalue weighted by Gasteiger charge is 2.17. The predicted molar refractivity (Wildman–Crippen MR) is 114 cm³/mol. The van der Waals surface area contributed by atoms with Gasteiger partial charge in [0.1, 0.15) is 0 Å². The molecule has 0 saturated heterocycles. The number of aromatic nitrogens is 4. The molecule has 3 aromatic rings. The molecular weight excluding hydrogens is 417 g/mol. The van der Waals surface area contributed by atoms with Gasteiger partial charge in [-0.15, -0.1) is 10.2 Å². The van der Waals surface area contributed by atoms with E-state index in [9.17, 15) is 4.79 Å². The number of carbonyl (C=O) groups is 1. The van der Waals surface area contributed by atoms with Gasteiger partial charge in [0.05, 0.1) is 21.5 Å². The van der Waals surface area contributed by atoms with Gasteiger partial charge in [-0.3, -0.25) is 9.78 Å². The molecule has 0 bridgehead atoms. The van der Waals surface area contributed by atoms with Crippen molar-refractivity contribution in [3.05, 3.63) is 52.8 Å². The summed E-state index contributed by atoms with van der Waals surface area (Å²) in [6, 6.07) is 8.90. The van der Waals surface area contributed by atoms with Gasteiger partial charge in [-0.1, -0.05) is 54.9 Å². The third-order valence-electron chi connectivity index (χ3n) is 3.76. The van der Waals surface area contributed by atoms with Crippen LogP contribution in [-0.4, -0.2) is 31.4 Å². The molecule has 0 aliphatic rings. The van der Waals surface area contributed by atoms with Gasteiger partial charge < -0.3 is 9.88 Å². The van der Waals surface area contributed by atoms with Crippen molar-refractivity contribution in [3.8, 4) is 11.4 Å². The first-order valence-corrected chi connectivity index (χ1v) is 10.4. The summed E-state index contributed by atoms with van der Waals surface area (Å²) in [6.45, 7) is 4.99. The number of halogens is 2. The highest BCUT2D eigenvalue weighted by Crippen LogP contribution is 2.30. The van der Waals surface area contributed by atoms with Crippen LogP contribution in [0.1, 0.15) is 13.8 Å². The van der Waals surface area contributed by atoms with Crippen LogP contribution in [0, 0.1) is 5.92 Å². The molecule has 146 valence electrons. The van der Waals surface area contributed by atoms with Gasteiger partial charge in [0.25, 0.3) is 0 Å². The van der Waals surface area contributed by atoms with Crippen molar-refractivity contribution in [1.29, 1.82) is 0 Å². The molecule has 0 unspecified atom stereocenters. The number of nitrogens with one attached hydrogen (secondary N) is 1. The average molecular weight is 436 g/mol. The SMILES string of the molecule is CC(C)Cn1c(SCC(=O)Nc2cccc(Cl)c2Cl)nnc1-c1ccncc1. The fourth-order valence-corrected chi connectivity index (χ4v) is 3.65. The second-order valence-electron chi connectivity index (χ2n) is 6.48. The Bertz CT molecular complexity index is 962. The Morgan fingerprint density at radius 3 is 2.64 bits per heavy atom. The molecule has 0 aliphatic carbocycles. The summed E-state index contributed by atoms with van der Waals surface area (Å²) in [4.78, 5) is 16.4. The lowest BCUT2D eigenvalue weighted by atomic mass is 10.2. The number of amides is 1. The number of hydrogen-bond donors (Lipinski definition) is 1. The molecule has 0 aliphatic heterocycles.